The number of hydrogen-bond donors (Lipinski definition) is 0. The summed E-state index contributed by atoms with van der Waals surface area (Å²) in [6.45, 7) is 4.68. The molecule has 2 aliphatic heterocycles. The molecule has 0 aromatic rings. The maximum absolute atomic E-state index is 12.0. The second-order valence-electron chi connectivity index (χ2n) is 9.14. The van der Waals surface area contributed by atoms with E-state index >= 15 is 0 Å². The van der Waals surface area contributed by atoms with Crippen molar-refractivity contribution in [3.8, 4) is 0 Å². The summed E-state index contributed by atoms with van der Waals surface area (Å²) >= 11 is 0. The van der Waals surface area contributed by atoms with E-state index in [1.807, 2.05) is 0 Å². The molecule has 2 saturated heterocycles. The first-order chi connectivity index (χ1) is 18.3. The van der Waals surface area contributed by atoms with Gasteiger partial charge in [0.2, 0.25) is 0 Å². The second-order valence-corrected chi connectivity index (χ2v) is 9.14. The van der Waals surface area contributed by atoms with Gasteiger partial charge in [0.15, 0.2) is 24.8 Å². The SMILES string of the molecule is CC(OC(=O)CCCCC(=O)OC(C)C(=O)OCCOC1CCCCO1)C(=O)OCCOC1CCCCO1. The Kier molecular flexibility index (Phi) is 15.9. The van der Waals surface area contributed by atoms with Gasteiger partial charge < -0.3 is 37.9 Å². The smallest absolute Gasteiger partial charge is 0.347 e. The zero-order chi connectivity index (χ0) is 27.6. The zero-order valence-electron chi connectivity index (χ0n) is 22.5. The summed E-state index contributed by atoms with van der Waals surface area (Å²) in [5.41, 5.74) is 0. The number of unbranched alkanes of at least 4 members (excludes halogenated alkanes) is 1. The van der Waals surface area contributed by atoms with E-state index in [9.17, 15) is 19.2 Å². The van der Waals surface area contributed by atoms with E-state index in [-0.39, 0.29) is 51.8 Å². The Morgan fingerprint density at radius 3 is 1.45 bits per heavy atom. The number of carbonyl (C=O) groups is 4. The molecule has 0 bridgehead atoms. The lowest BCUT2D eigenvalue weighted by molar-refractivity contribution is -0.179. The summed E-state index contributed by atoms with van der Waals surface area (Å²) in [5.74, 6) is -2.48. The molecule has 218 valence electrons. The van der Waals surface area contributed by atoms with Crippen molar-refractivity contribution in [1.82, 2.24) is 0 Å². The summed E-state index contributed by atoms with van der Waals surface area (Å²) in [6, 6.07) is 0. The highest BCUT2D eigenvalue weighted by atomic mass is 16.7. The molecule has 2 fully saturated rings. The van der Waals surface area contributed by atoms with E-state index in [0.717, 1.165) is 38.5 Å². The van der Waals surface area contributed by atoms with E-state index in [2.05, 4.69) is 0 Å². The predicted octanol–water partition coefficient (Wildman–Crippen LogP) is 2.58. The first kappa shape index (κ1) is 31.9. The fourth-order valence-corrected chi connectivity index (χ4v) is 3.71. The van der Waals surface area contributed by atoms with Crippen LogP contribution in [0.5, 0.6) is 0 Å². The topological polar surface area (TPSA) is 142 Å². The zero-order valence-corrected chi connectivity index (χ0v) is 22.5. The van der Waals surface area contributed by atoms with Gasteiger partial charge >= 0.3 is 23.9 Å². The van der Waals surface area contributed by atoms with Crippen molar-refractivity contribution in [2.24, 2.45) is 0 Å². The van der Waals surface area contributed by atoms with Gasteiger partial charge in [0, 0.05) is 26.1 Å². The molecule has 4 unspecified atom stereocenters. The maximum atomic E-state index is 12.0. The van der Waals surface area contributed by atoms with Crippen LogP contribution < -0.4 is 0 Å². The molecule has 0 amide bonds. The van der Waals surface area contributed by atoms with E-state index in [1.54, 1.807) is 0 Å². The summed E-state index contributed by atoms with van der Waals surface area (Å²) in [4.78, 5) is 47.9. The van der Waals surface area contributed by atoms with Crippen LogP contribution >= 0.6 is 0 Å². The number of rotatable bonds is 17. The molecule has 2 rings (SSSR count). The average Bonchev–Trinajstić information content (AvgIpc) is 2.92. The molecule has 0 spiro atoms. The molecule has 2 heterocycles. The van der Waals surface area contributed by atoms with Crippen LogP contribution in [0.2, 0.25) is 0 Å². The number of carbonyl (C=O) groups excluding carboxylic acids is 4. The minimum absolute atomic E-state index is 0.0231. The second kappa shape index (κ2) is 18.9. The number of esters is 4. The lowest BCUT2D eigenvalue weighted by Crippen LogP contribution is -2.29. The van der Waals surface area contributed by atoms with Crippen LogP contribution in [-0.4, -0.2) is 88.3 Å². The first-order valence-electron chi connectivity index (χ1n) is 13.5. The largest absolute Gasteiger partial charge is 0.461 e. The molecule has 12 heteroatoms. The van der Waals surface area contributed by atoms with Gasteiger partial charge in [-0.15, -0.1) is 0 Å². The summed E-state index contributed by atoms with van der Waals surface area (Å²) in [5, 5.41) is 0. The minimum atomic E-state index is -1.05. The lowest BCUT2D eigenvalue weighted by atomic mass is 10.2. The van der Waals surface area contributed by atoms with Crippen molar-refractivity contribution in [3.05, 3.63) is 0 Å². The van der Waals surface area contributed by atoms with Crippen LogP contribution in [0.3, 0.4) is 0 Å². The number of ether oxygens (including phenoxy) is 8. The van der Waals surface area contributed by atoms with Gasteiger partial charge in [-0.3, -0.25) is 9.59 Å². The van der Waals surface area contributed by atoms with E-state index in [4.69, 9.17) is 37.9 Å². The Balaban J connectivity index is 1.45. The van der Waals surface area contributed by atoms with Crippen molar-refractivity contribution in [3.63, 3.8) is 0 Å². The molecule has 12 nitrogen and oxygen atoms in total. The predicted molar refractivity (Wildman–Crippen MR) is 131 cm³/mol. The Bertz CT molecular complexity index is 655. The quantitative estimate of drug-likeness (QED) is 0.150. The van der Waals surface area contributed by atoms with Gasteiger partial charge in [0.25, 0.3) is 0 Å². The molecule has 0 aromatic carbocycles. The van der Waals surface area contributed by atoms with Gasteiger partial charge in [-0.1, -0.05) is 0 Å². The molecule has 0 radical (unpaired) electrons. The fraction of sp³-hybridized carbons (Fsp3) is 0.846. The van der Waals surface area contributed by atoms with E-state index in [0.29, 0.717) is 26.1 Å². The van der Waals surface area contributed by atoms with Gasteiger partial charge in [0.1, 0.15) is 13.2 Å². The fourth-order valence-electron chi connectivity index (χ4n) is 3.71. The van der Waals surface area contributed by atoms with Gasteiger partial charge in [-0.25, -0.2) is 9.59 Å². The highest BCUT2D eigenvalue weighted by Gasteiger charge is 2.22. The molecule has 0 N–H and O–H groups in total. The first-order valence-corrected chi connectivity index (χ1v) is 13.5. The molecule has 0 aliphatic carbocycles. The summed E-state index contributed by atoms with van der Waals surface area (Å²) < 4.78 is 42.1. The highest BCUT2D eigenvalue weighted by Crippen LogP contribution is 2.14. The van der Waals surface area contributed by atoms with Crippen molar-refractivity contribution < 1.29 is 57.1 Å². The van der Waals surface area contributed by atoms with Crippen molar-refractivity contribution in [2.75, 3.05) is 39.6 Å². The Hall–Kier alpha value is -2.28. The molecule has 38 heavy (non-hydrogen) atoms. The molecule has 0 saturated carbocycles. The van der Waals surface area contributed by atoms with Crippen LogP contribution in [0.25, 0.3) is 0 Å². The standard InChI is InChI=1S/C26H42O12/c1-19(25(29)35-17-15-33-23-11-5-7-13-31-23)37-21(27)9-3-4-10-22(28)38-20(2)26(30)36-18-16-34-24-12-6-8-14-32-24/h19-20,23-24H,3-18H2,1-2H3. The van der Waals surface area contributed by atoms with Gasteiger partial charge in [-0.05, 0) is 65.2 Å². The number of hydrogen-bond acceptors (Lipinski definition) is 12. The molecular formula is C26H42O12. The Morgan fingerprint density at radius 2 is 1.08 bits per heavy atom. The summed E-state index contributed by atoms with van der Waals surface area (Å²) in [7, 11) is 0. The van der Waals surface area contributed by atoms with Gasteiger partial charge in [0.05, 0.1) is 13.2 Å². The normalized spacial score (nSPS) is 21.1. The van der Waals surface area contributed by atoms with Crippen LogP contribution in [0.1, 0.15) is 78.1 Å². The summed E-state index contributed by atoms with van der Waals surface area (Å²) in [6.07, 6.45) is 3.87. The maximum Gasteiger partial charge on any atom is 0.347 e. The van der Waals surface area contributed by atoms with Crippen molar-refractivity contribution >= 4 is 23.9 Å². The Labute approximate surface area is 223 Å². The molecule has 4 atom stereocenters. The molecule has 0 aromatic heterocycles. The third-order valence-corrected chi connectivity index (χ3v) is 5.83. The third-order valence-electron chi connectivity index (χ3n) is 5.83. The Morgan fingerprint density at radius 1 is 0.658 bits per heavy atom. The average molecular weight is 547 g/mol. The molecular weight excluding hydrogens is 504 g/mol. The third kappa shape index (κ3) is 14.0. The van der Waals surface area contributed by atoms with Gasteiger partial charge in [-0.2, -0.15) is 0 Å². The lowest BCUT2D eigenvalue weighted by Gasteiger charge is -2.22. The minimum Gasteiger partial charge on any atom is -0.461 e. The molecule has 2 aliphatic rings. The monoisotopic (exact) mass is 546 g/mol. The highest BCUT2D eigenvalue weighted by molar-refractivity contribution is 5.79. The van der Waals surface area contributed by atoms with E-state index < -0.39 is 36.1 Å². The van der Waals surface area contributed by atoms with Crippen LogP contribution in [-0.2, 0) is 57.1 Å². The van der Waals surface area contributed by atoms with Crippen molar-refractivity contribution in [1.29, 1.82) is 0 Å². The van der Waals surface area contributed by atoms with Crippen molar-refractivity contribution in [2.45, 2.75) is 103 Å². The van der Waals surface area contributed by atoms with Crippen LogP contribution in [0, 0.1) is 0 Å². The van der Waals surface area contributed by atoms with Crippen LogP contribution in [0.15, 0.2) is 0 Å². The van der Waals surface area contributed by atoms with E-state index in [1.165, 1.54) is 13.8 Å². The van der Waals surface area contributed by atoms with Crippen LogP contribution in [0.4, 0.5) is 0 Å².